The van der Waals surface area contributed by atoms with E-state index in [4.69, 9.17) is 0 Å². The van der Waals surface area contributed by atoms with Gasteiger partial charge in [-0.2, -0.15) is 18.2 Å². The summed E-state index contributed by atoms with van der Waals surface area (Å²) in [6.07, 6.45) is -2.62. The van der Waals surface area contributed by atoms with Crippen LogP contribution in [0.15, 0.2) is 48.8 Å². The van der Waals surface area contributed by atoms with Crippen molar-refractivity contribution in [2.45, 2.75) is 46.1 Å². The highest BCUT2D eigenvalue weighted by molar-refractivity contribution is 7.92. The fourth-order valence-corrected chi connectivity index (χ4v) is 3.64. The number of hydrogen-bond acceptors (Lipinski definition) is 8. The third kappa shape index (κ3) is 7.78. The van der Waals surface area contributed by atoms with E-state index in [2.05, 4.69) is 35.6 Å². The van der Waals surface area contributed by atoms with E-state index in [0.29, 0.717) is 30.0 Å². The van der Waals surface area contributed by atoms with Gasteiger partial charge < -0.3 is 16.0 Å². The molecule has 2 aromatic heterocycles. The van der Waals surface area contributed by atoms with E-state index in [1.54, 1.807) is 24.3 Å². The number of benzene rings is 1. The van der Waals surface area contributed by atoms with Gasteiger partial charge in [-0.25, -0.2) is 18.4 Å². The van der Waals surface area contributed by atoms with Crippen molar-refractivity contribution in [1.29, 1.82) is 0 Å². The minimum absolute atomic E-state index is 0.0276. The van der Waals surface area contributed by atoms with E-state index in [1.165, 1.54) is 13.1 Å². The summed E-state index contributed by atoms with van der Waals surface area (Å²) in [6, 6.07) is 10.8. The molecule has 9 nitrogen and oxygen atoms in total. The van der Waals surface area contributed by atoms with E-state index >= 15 is 0 Å². The first-order valence-electron chi connectivity index (χ1n) is 11.2. The predicted molar refractivity (Wildman–Crippen MR) is 133 cm³/mol. The molecule has 0 unspecified atom stereocenters. The summed E-state index contributed by atoms with van der Waals surface area (Å²) < 4.78 is 67.0. The number of hydrogen-bond donors (Lipinski definition) is 4. The fraction of sp³-hybridized carbons (Fsp3) is 0.348. The van der Waals surface area contributed by atoms with Crippen molar-refractivity contribution >= 4 is 33.3 Å². The second-order valence-corrected chi connectivity index (χ2v) is 10.2. The summed E-state index contributed by atoms with van der Waals surface area (Å²) in [5, 5.41) is 8.86. The number of nitrogens with zero attached hydrogens (tertiary/aromatic N) is 3. The molecule has 0 atom stereocenters. The Labute approximate surface area is 208 Å². The first-order chi connectivity index (χ1) is 17.0. The summed E-state index contributed by atoms with van der Waals surface area (Å²) in [5.41, 5.74) is 0.956. The van der Waals surface area contributed by atoms with Gasteiger partial charge in [0.15, 0.2) is 0 Å². The van der Waals surface area contributed by atoms with E-state index in [1.807, 2.05) is 26.0 Å². The molecule has 13 heteroatoms. The number of sulfonamides is 1. The highest BCUT2D eigenvalue weighted by atomic mass is 32.2. The van der Waals surface area contributed by atoms with Crippen LogP contribution in [-0.4, -0.2) is 35.2 Å². The molecule has 0 saturated heterocycles. The molecule has 2 heterocycles. The minimum atomic E-state index is -4.70. The van der Waals surface area contributed by atoms with Crippen LogP contribution in [0, 0.1) is 0 Å². The standard InChI is InChI=1S/C23H28F3N7O2S/c1-4-36(34,35)33-20-17(6-5-11-27-20)13-29-21-19(23(24,25)26)14-30-22(32-21)31-18-9-7-16(8-10-18)12-28-15(2)3/h5-11,14-15,28H,4,12-13H2,1-3H3,(H,27,33)(H2,29,30,31,32). The fourth-order valence-electron chi connectivity index (χ4n) is 3.01. The second-order valence-electron chi connectivity index (χ2n) is 8.18. The Kier molecular flexibility index (Phi) is 8.69. The molecule has 3 rings (SSSR count). The predicted octanol–water partition coefficient (Wildman–Crippen LogP) is 4.51. The van der Waals surface area contributed by atoms with Crippen molar-refractivity contribution in [2.75, 3.05) is 21.1 Å². The van der Waals surface area contributed by atoms with Crippen molar-refractivity contribution in [1.82, 2.24) is 20.3 Å². The number of rotatable bonds is 11. The van der Waals surface area contributed by atoms with Crippen LogP contribution in [0.5, 0.6) is 0 Å². The summed E-state index contributed by atoms with van der Waals surface area (Å²) >= 11 is 0. The van der Waals surface area contributed by atoms with E-state index in [-0.39, 0.29) is 24.1 Å². The van der Waals surface area contributed by atoms with Gasteiger partial charge in [-0.15, -0.1) is 0 Å². The first kappa shape index (κ1) is 27.1. The van der Waals surface area contributed by atoms with Gasteiger partial charge in [0.2, 0.25) is 16.0 Å². The van der Waals surface area contributed by atoms with Gasteiger partial charge in [0.05, 0.1) is 5.75 Å². The molecule has 0 aliphatic rings. The van der Waals surface area contributed by atoms with E-state index in [0.717, 1.165) is 5.56 Å². The summed E-state index contributed by atoms with van der Waals surface area (Å²) in [7, 11) is -3.62. The Morgan fingerprint density at radius 2 is 1.72 bits per heavy atom. The van der Waals surface area contributed by atoms with Gasteiger partial charge in [-0.05, 0) is 30.7 Å². The number of pyridine rings is 1. The van der Waals surface area contributed by atoms with Crippen molar-refractivity contribution in [3.8, 4) is 0 Å². The van der Waals surface area contributed by atoms with Crippen LogP contribution in [0.25, 0.3) is 0 Å². The molecule has 36 heavy (non-hydrogen) atoms. The van der Waals surface area contributed by atoms with Crippen molar-refractivity contribution in [3.63, 3.8) is 0 Å². The molecule has 0 saturated carbocycles. The summed E-state index contributed by atoms with van der Waals surface area (Å²) in [4.78, 5) is 11.8. The van der Waals surface area contributed by atoms with Crippen molar-refractivity contribution in [2.24, 2.45) is 0 Å². The average molecular weight is 524 g/mol. The highest BCUT2D eigenvalue weighted by Crippen LogP contribution is 2.34. The van der Waals surface area contributed by atoms with Gasteiger partial charge in [0.1, 0.15) is 17.2 Å². The Balaban J connectivity index is 1.80. The smallest absolute Gasteiger partial charge is 0.365 e. The number of aromatic nitrogens is 3. The molecule has 1 aromatic carbocycles. The third-order valence-corrected chi connectivity index (χ3v) is 6.25. The quantitative estimate of drug-likeness (QED) is 0.290. The normalized spacial score (nSPS) is 12.0. The van der Waals surface area contributed by atoms with Crippen LogP contribution in [0.4, 0.5) is 36.4 Å². The summed E-state index contributed by atoms with van der Waals surface area (Å²) in [6.45, 7) is 6.08. The zero-order valence-electron chi connectivity index (χ0n) is 20.0. The Morgan fingerprint density at radius 1 is 1.00 bits per heavy atom. The van der Waals surface area contributed by atoms with Crippen LogP contribution in [0.1, 0.15) is 37.5 Å². The first-order valence-corrected chi connectivity index (χ1v) is 12.8. The Morgan fingerprint density at radius 3 is 2.36 bits per heavy atom. The molecule has 0 fully saturated rings. The van der Waals surface area contributed by atoms with Crippen LogP contribution < -0.4 is 20.7 Å². The lowest BCUT2D eigenvalue weighted by Gasteiger charge is -2.16. The number of alkyl halides is 3. The SMILES string of the molecule is CCS(=O)(=O)Nc1ncccc1CNc1nc(Nc2ccc(CNC(C)C)cc2)ncc1C(F)(F)F. The molecule has 0 amide bonds. The molecule has 0 spiro atoms. The monoisotopic (exact) mass is 523 g/mol. The molecule has 0 aliphatic heterocycles. The molecule has 0 radical (unpaired) electrons. The zero-order valence-corrected chi connectivity index (χ0v) is 20.8. The van der Waals surface area contributed by atoms with Crippen LogP contribution in [0.3, 0.4) is 0 Å². The van der Waals surface area contributed by atoms with Gasteiger partial charge >= 0.3 is 6.18 Å². The molecular formula is C23H28F3N7O2S. The van der Waals surface area contributed by atoms with Crippen LogP contribution >= 0.6 is 0 Å². The van der Waals surface area contributed by atoms with Crippen molar-refractivity contribution in [3.05, 3.63) is 65.5 Å². The molecule has 0 aliphatic carbocycles. The van der Waals surface area contributed by atoms with E-state index < -0.39 is 27.6 Å². The molecule has 0 bridgehead atoms. The number of anilines is 4. The van der Waals surface area contributed by atoms with Crippen LogP contribution in [0.2, 0.25) is 0 Å². The zero-order chi connectivity index (χ0) is 26.3. The van der Waals surface area contributed by atoms with Crippen molar-refractivity contribution < 1.29 is 21.6 Å². The third-order valence-electron chi connectivity index (χ3n) is 4.99. The van der Waals surface area contributed by atoms with Gasteiger partial charge in [0.25, 0.3) is 0 Å². The highest BCUT2D eigenvalue weighted by Gasteiger charge is 2.35. The lowest BCUT2D eigenvalue weighted by Crippen LogP contribution is -2.21. The molecular weight excluding hydrogens is 495 g/mol. The van der Waals surface area contributed by atoms with E-state index in [9.17, 15) is 21.6 Å². The lowest BCUT2D eigenvalue weighted by molar-refractivity contribution is -0.137. The topological polar surface area (TPSA) is 121 Å². The van der Waals surface area contributed by atoms with Gasteiger partial charge in [0, 0.05) is 42.8 Å². The van der Waals surface area contributed by atoms with Gasteiger partial charge in [-0.3, -0.25) is 4.72 Å². The maximum Gasteiger partial charge on any atom is 0.421 e. The number of nitrogens with one attached hydrogen (secondary N) is 4. The average Bonchev–Trinajstić information content (AvgIpc) is 2.82. The Hall–Kier alpha value is -3.45. The Bertz CT molecular complexity index is 1270. The maximum absolute atomic E-state index is 13.6. The maximum atomic E-state index is 13.6. The van der Waals surface area contributed by atoms with Crippen LogP contribution in [-0.2, 0) is 29.3 Å². The lowest BCUT2D eigenvalue weighted by atomic mass is 10.2. The minimum Gasteiger partial charge on any atom is -0.365 e. The largest absolute Gasteiger partial charge is 0.421 e. The van der Waals surface area contributed by atoms with Gasteiger partial charge in [-0.1, -0.05) is 32.0 Å². The number of halogens is 3. The molecule has 3 aromatic rings. The molecule has 4 N–H and O–H groups in total. The second kappa shape index (κ2) is 11.5. The molecule has 194 valence electrons. The summed E-state index contributed by atoms with van der Waals surface area (Å²) in [5.74, 6) is -0.632.